The molecule has 116 valence electrons. The Morgan fingerprint density at radius 3 is 2.32 bits per heavy atom. The quantitative estimate of drug-likeness (QED) is 0.804. The summed E-state index contributed by atoms with van der Waals surface area (Å²) in [4.78, 5) is 12.0. The van der Waals surface area contributed by atoms with Crippen molar-refractivity contribution in [3.05, 3.63) is 18.2 Å². The molecule has 4 rings (SSSR count). The summed E-state index contributed by atoms with van der Waals surface area (Å²) < 4.78 is 18.1. The highest BCUT2D eigenvalue weighted by Crippen LogP contribution is 2.46. The van der Waals surface area contributed by atoms with Crippen molar-refractivity contribution in [1.29, 1.82) is 0 Å². The van der Waals surface area contributed by atoms with Crippen LogP contribution in [-0.2, 0) is 14.1 Å². The molecule has 1 amide bonds. The Bertz CT molecular complexity index is 650. The Kier molecular flexibility index (Phi) is 2.60. The summed E-state index contributed by atoms with van der Waals surface area (Å²) in [6, 6.07) is 5.68. The first-order valence-corrected chi connectivity index (χ1v) is 7.73. The minimum Gasteiger partial charge on any atom is -0.475 e. The van der Waals surface area contributed by atoms with Crippen LogP contribution in [-0.4, -0.2) is 29.8 Å². The van der Waals surface area contributed by atoms with E-state index in [4.69, 9.17) is 14.0 Å². The second-order valence-electron chi connectivity index (χ2n) is 7.39. The molecule has 1 aliphatic carbocycles. The molecule has 2 heterocycles. The molecule has 1 saturated heterocycles. The van der Waals surface area contributed by atoms with Crippen LogP contribution in [0.2, 0.25) is 0 Å². The Balaban J connectivity index is 1.64. The van der Waals surface area contributed by atoms with Crippen molar-refractivity contribution in [2.24, 2.45) is 0 Å². The molecule has 1 N–H and O–H groups in total. The first-order valence-electron chi connectivity index (χ1n) is 7.73. The summed E-state index contributed by atoms with van der Waals surface area (Å²) in [5.74, 6) is 0.660. The standard InChI is InChI=1S/C16H20BNO4/c1-14(2)15(3,4)22-17(21-14)10-5-6-11-12(9-10)20-16(7-8-16)13(19)18-11/h5-6,9H,7-8H2,1-4H3,(H,18,19). The summed E-state index contributed by atoms with van der Waals surface area (Å²) in [6.07, 6.45) is 1.55. The zero-order chi connectivity index (χ0) is 15.8. The monoisotopic (exact) mass is 301 g/mol. The first kappa shape index (κ1) is 14.1. The Hall–Kier alpha value is -1.53. The van der Waals surface area contributed by atoms with E-state index in [9.17, 15) is 4.79 Å². The van der Waals surface area contributed by atoms with Gasteiger partial charge in [0.1, 0.15) is 5.75 Å². The minimum absolute atomic E-state index is 0.0385. The lowest BCUT2D eigenvalue weighted by Gasteiger charge is -2.32. The molecule has 1 aromatic carbocycles. The number of fused-ring (bicyclic) bond motifs is 1. The zero-order valence-electron chi connectivity index (χ0n) is 13.4. The molecule has 0 radical (unpaired) electrons. The minimum atomic E-state index is -0.637. The second kappa shape index (κ2) is 4.06. The van der Waals surface area contributed by atoms with Crippen LogP contribution < -0.4 is 15.5 Å². The number of carbonyl (C=O) groups is 1. The third kappa shape index (κ3) is 1.90. The number of anilines is 1. The lowest BCUT2D eigenvalue weighted by molar-refractivity contribution is -0.125. The van der Waals surface area contributed by atoms with Crippen molar-refractivity contribution in [3.8, 4) is 5.75 Å². The van der Waals surface area contributed by atoms with Crippen LogP contribution in [0.25, 0.3) is 0 Å². The van der Waals surface area contributed by atoms with Crippen LogP contribution >= 0.6 is 0 Å². The zero-order valence-corrected chi connectivity index (χ0v) is 13.4. The molecule has 0 unspecified atom stereocenters. The average Bonchev–Trinajstić information content (AvgIpc) is 3.14. The van der Waals surface area contributed by atoms with E-state index in [2.05, 4.69) is 5.32 Å². The van der Waals surface area contributed by atoms with E-state index < -0.39 is 12.7 Å². The van der Waals surface area contributed by atoms with Gasteiger partial charge in [0, 0.05) is 12.8 Å². The van der Waals surface area contributed by atoms with Crippen LogP contribution in [0, 0.1) is 0 Å². The number of carbonyl (C=O) groups excluding carboxylic acids is 1. The van der Waals surface area contributed by atoms with Gasteiger partial charge in [0.2, 0.25) is 0 Å². The van der Waals surface area contributed by atoms with Crippen LogP contribution in [0.4, 0.5) is 5.69 Å². The molecule has 3 aliphatic rings. The molecule has 1 spiro atoms. The molecule has 22 heavy (non-hydrogen) atoms. The van der Waals surface area contributed by atoms with Gasteiger partial charge in [0.05, 0.1) is 16.9 Å². The molecule has 6 heteroatoms. The van der Waals surface area contributed by atoms with Crippen LogP contribution in [0.1, 0.15) is 40.5 Å². The molecule has 2 aliphatic heterocycles. The summed E-state index contributed by atoms with van der Waals surface area (Å²) in [5.41, 5.74) is 0.231. The Morgan fingerprint density at radius 2 is 1.73 bits per heavy atom. The van der Waals surface area contributed by atoms with Crippen LogP contribution in [0.15, 0.2) is 18.2 Å². The van der Waals surface area contributed by atoms with Gasteiger partial charge in [0.15, 0.2) is 5.60 Å². The number of rotatable bonds is 1. The second-order valence-corrected chi connectivity index (χ2v) is 7.39. The van der Waals surface area contributed by atoms with E-state index in [1.807, 2.05) is 45.9 Å². The summed E-state index contributed by atoms with van der Waals surface area (Å²) in [6.45, 7) is 8.12. The number of nitrogens with one attached hydrogen (secondary N) is 1. The van der Waals surface area contributed by atoms with Gasteiger partial charge >= 0.3 is 7.12 Å². The normalized spacial score (nSPS) is 26.4. The number of benzene rings is 1. The molecule has 0 bridgehead atoms. The summed E-state index contributed by atoms with van der Waals surface area (Å²) in [7, 11) is -0.424. The molecule has 2 fully saturated rings. The summed E-state index contributed by atoms with van der Waals surface area (Å²) >= 11 is 0. The Labute approximate surface area is 130 Å². The highest BCUT2D eigenvalue weighted by molar-refractivity contribution is 6.62. The molecule has 0 aromatic heterocycles. The molecular weight excluding hydrogens is 281 g/mol. The largest absolute Gasteiger partial charge is 0.494 e. The molecule has 5 nitrogen and oxygen atoms in total. The fraction of sp³-hybridized carbons (Fsp3) is 0.562. The van der Waals surface area contributed by atoms with E-state index in [0.29, 0.717) is 11.4 Å². The van der Waals surface area contributed by atoms with Crippen molar-refractivity contribution in [2.45, 2.75) is 57.3 Å². The predicted octanol–water partition coefficient (Wildman–Crippen LogP) is 1.85. The number of hydrogen-bond donors (Lipinski definition) is 1. The Morgan fingerprint density at radius 1 is 1.09 bits per heavy atom. The van der Waals surface area contributed by atoms with Crippen LogP contribution in [0.3, 0.4) is 0 Å². The van der Waals surface area contributed by atoms with Gasteiger partial charge in [0.25, 0.3) is 5.91 Å². The molecular formula is C16H20BNO4. The van der Waals surface area contributed by atoms with Crippen molar-refractivity contribution in [1.82, 2.24) is 0 Å². The van der Waals surface area contributed by atoms with Crippen molar-refractivity contribution < 1.29 is 18.8 Å². The van der Waals surface area contributed by atoms with E-state index in [1.165, 1.54) is 0 Å². The molecule has 1 saturated carbocycles. The smallest absolute Gasteiger partial charge is 0.475 e. The van der Waals surface area contributed by atoms with E-state index in [-0.39, 0.29) is 17.1 Å². The summed E-state index contributed by atoms with van der Waals surface area (Å²) in [5, 5.41) is 2.92. The van der Waals surface area contributed by atoms with Gasteiger partial charge in [-0.05, 0) is 45.3 Å². The average molecular weight is 301 g/mol. The maximum Gasteiger partial charge on any atom is 0.494 e. The van der Waals surface area contributed by atoms with E-state index >= 15 is 0 Å². The SMILES string of the molecule is CC1(C)OB(c2ccc3c(c2)OC2(CC2)C(=O)N3)OC1(C)C. The topological polar surface area (TPSA) is 56.8 Å². The highest BCUT2D eigenvalue weighted by atomic mass is 16.7. The van der Waals surface area contributed by atoms with Gasteiger partial charge in [-0.1, -0.05) is 6.07 Å². The van der Waals surface area contributed by atoms with Gasteiger partial charge in [-0.2, -0.15) is 0 Å². The maximum absolute atomic E-state index is 12.0. The van der Waals surface area contributed by atoms with Crippen molar-refractivity contribution in [2.75, 3.05) is 5.32 Å². The van der Waals surface area contributed by atoms with E-state index in [0.717, 1.165) is 18.3 Å². The third-order valence-corrected chi connectivity index (χ3v) is 5.20. The first-order chi connectivity index (χ1) is 10.2. The molecule has 0 atom stereocenters. The fourth-order valence-corrected chi connectivity index (χ4v) is 2.79. The van der Waals surface area contributed by atoms with Crippen molar-refractivity contribution in [3.63, 3.8) is 0 Å². The third-order valence-electron chi connectivity index (χ3n) is 5.20. The van der Waals surface area contributed by atoms with Gasteiger partial charge in [-0.25, -0.2) is 0 Å². The highest BCUT2D eigenvalue weighted by Gasteiger charge is 2.56. The van der Waals surface area contributed by atoms with Crippen LogP contribution in [0.5, 0.6) is 5.75 Å². The lowest BCUT2D eigenvalue weighted by Crippen LogP contribution is -2.41. The van der Waals surface area contributed by atoms with E-state index in [1.54, 1.807) is 0 Å². The predicted molar refractivity (Wildman–Crippen MR) is 83.4 cm³/mol. The fourth-order valence-electron chi connectivity index (χ4n) is 2.79. The van der Waals surface area contributed by atoms with Crippen molar-refractivity contribution >= 4 is 24.2 Å². The van der Waals surface area contributed by atoms with Gasteiger partial charge in [-0.15, -0.1) is 0 Å². The van der Waals surface area contributed by atoms with Gasteiger partial charge < -0.3 is 19.4 Å². The maximum atomic E-state index is 12.0. The number of amides is 1. The molecule has 1 aromatic rings. The number of hydrogen-bond acceptors (Lipinski definition) is 4. The lowest BCUT2D eigenvalue weighted by atomic mass is 9.79. The number of ether oxygens (including phenoxy) is 1. The van der Waals surface area contributed by atoms with Gasteiger partial charge in [-0.3, -0.25) is 4.79 Å².